The first-order valence-electron chi connectivity index (χ1n) is 7.75. The first-order valence-corrected chi connectivity index (χ1v) is 7.75. The van der Waals surface area contributed by atoms with Gasteiger partial charge in [-0.2, -0.15) is 5.10 Å². The zero-order chi connectivity index (χ0) is 16.7. The zero-order valence-electron chi connectivity index (χ0n) is 13.4. The molecule has 1 aromatic carbocycles. The minimum absolute atomic E-state index is 0.0884. The minimum atomic E-state index is -0.877. The molecule has 122 valence electrons. The smallest absolute Gasteiger partial charge is 0.226 e. The maximum Gasteiger partial charge on any atom is 0.226 e. The fourth-order valence-corrected chi connectivity index (χ4v) is 3.17. The van der Waals surface area contributed by atoms with Crippen molar-refractivity contribution in [2.45, 2.75) is 46.1 Å². The van der Waals surface area contributed by atoms with Crippen molar-refractivity contribution in [3.8, 4) is 0 Å². The number of halogens is 2. The van der Waals surface area contributed by atoms with Crippen LogP contribution in [0.1, 0.15) is 48.1 Å². The van der Waals surface area contributed by atoms with Crippen molar-refractivity contribution in [2.24, 2.45) is 0 Å². The van der Waals surface area contributed by atoms with Gasteiger partial charge in [-0.15, -0.1) is 0 Å². The van der Waals surface area contributed by atoms with E-state index in [1.165, 1.54) is 6.92 Å². The summed E-state index contributed by atoms with van der Waals surface area (Å²) >= 11 is 0. The monoisotopic (exact) mass is 319 g/mol. The second-order valence-electron chi connectivity index (χ2n) is 5.98. The number of nitrogens with zero attached hydrogens (tertiary/aromatic N) is 2. The molecule has 0 radical (unpaired) electrons. The summed E-state index contributed by atoms with van der Waals surface area (Å²) in [5.74, 6) is -2.02. The number of aromatic nitrogens is 2. The first-order chi connectivity index (χ1) is 10.9. The topological polar surface area (TPSA) is 46.9 Å². The van der Waals surface area contributed by atoms with Crippen LogP contribution in [0.15, 0.2) is 12.1 Å². The summed E-state index contributed by atoms with van der Waals surface area (Å²) in [5, 5.41) is 7.14. The van der Waals surface area contributed by atoms with Crippen molar-refractivity contribution in [3.05, 3.63) is 46.2 Å². The van der Waals surface area contributed by atoms with Gasteiger partial charge in [0.25, 0.3) is 0 Å². The van der Waals surface area contributed by atoms with Crippen molar-refractivity contribution in [1.29, 1.82) is 0 Å². The molecule has 3 rings (SSSR count). The van der Waals surface area contributed by atoms with E-state index in [1.54, 1.807) is 12.1 Å². The van der Waals surface area contributed by atoms with Gasteiger partial charge < -0.3 is 5.32 Å². The maximum absolute atomic E-state index is 14.4. The van der Waals surface area contributed by atoms with E-state index < -0.39 is 17.6 Å². The van der Waals surface area contributed by atoms with E-state index in [2.05, 4.69) is 10.4 Å². The van der Waals surface area contributed by atoms with Gasteiger partial charge in [0.2, 0.25) is 5.91 Å². The van der Waals surface area contributed by atoms with Crippen LogP contribution < -0.4 is 5.32 Å². The lowest BCUT2D eigenvalue weighted by atomic mass is 9.85. The number of nitrogens with one attached hydrogen (secondary N) is 1. The summed E-state index contributed by atoms with van der Waals surface area (Å²) in [5.41, 5.74) is 2.13. The van der Waals surface area contributed by atoms with E-state index in [1.807, 2.05) is 18.5 Å². The van der Waals surface area contributed by atoms with E-state index in [4.69, 9.17) is 0 Å². The zero-order valence-corrected chi connectivity index (χ0v) is 13.4. The quantitative estimate of drug-likeness (QED) is 0.938. The molecule has 2 aromatic rings. The Morgan fingerprint density at radius 2 is 2.04 bits per heavy atom. The third-order valence-corrected chi connectivity index (χ3v) is 4.36. The number of fused-ring (bicyclic) bond motifs is 1. The van der Waals surface area contributed by atoms with Gasteiger partial charge in [-0.1, -0.05) is 19.1 Å². The molecule has 0 bridgehead atoms. The lowest BCUT2D eigenvalue weighted by Crippen LogP contribution is -2.24. The lowest BCUT2D eigenvalue weighted by molar-refractivity contribution is -0.116. The molecule has 4 nitrogen and oxygen atoms in total. The number of aryl methyl sites for hydroxylation is 2. The molecule has 1 amide bonds. The van der Waals surface area contributed by atoms with Gasteiger partial charge in [-0.05, 0) is 31.4 Å². The predicted octanol–water partition coefficient (Wildman–Crippen LogP) is 3.66. The van der Waals surface area contributed by atoms with Crippen LogP contribution in [0, 0.1) is 25.5 Å². The molecular weight excluding hydrogens is 300 g/mol. The molecule has 1 atom stereocenters. The average Bonchev–Trinajstić information content (AvgIpc) is 2.81. The van der Waals surface area contributed by atoms with Crippen molar-refractivity contribution in [3.63, 3.8) is 0 Å². The number of rotatable bonds is 3. The highest BCUT2D eigenvalue weighted by molar-refractivity contribution is 5.94. The molecule has 6 heteroatoms. The van der Waals surface area contributed by atoms with Gasteiger partial charge in [-0.25, -0.2) is 8.78 Å². The Morgan fingerprint density at radius 1 is 1.30 bits per heavy atom. The van der Waals surface area contributed by atoms with Crippen LogP contribution in [0.3, 0.4) is 0 Å². The molecule has 1 aromatic heterocycles. The van der Waals surface area contributed by atoms with Gasteiger partial charge in [0.05, 0.1) is 0 Å². The average molecular weight is 319 g/mol. The predicted molar refractivity (Wildman–Crippen MR) is 83.4 cm³/mol. The van der Waals surface area contributed by atoms with Crippen molar-refractivity contribution < 1.29 is 13.6 Å². The van der Waals surface area contributed by atoms with Crippen LogP contribution in [-0.4, -0.2) is 15.7 Å². The molecule has 1 aliphatic heterocycles. The highest BCUT2D eigenvalue weighted by atomic mass is 19.2. The summed E-state index contributed by atoms with van der Waals surface area (Å²) in [7, 11) is 0. The fourth-order valence-electron chi connectivity index (χ4n) is 3.17. The number of carbonyl (C=O) groups excluding carboxylic acids is 1. The largest absolute Gasteiger partial charge is 0.309 e. The van der Waals surface area contributed by atoms with E-state index in [0.717, 1.165) is 17.7 Å². The number of amides is 1. The SMILES string of the molecule is CCCn1nc2c(c1C)C(c1ccc(C)c(F)c1F)CC(=O)N2. The van der Waals surface area contributed by atoms with E-state index >= 15 is 0 Å². The van der Waals surface area contributed by atoms with Crippen LogP contribution in [0.25, 0.3) is 0 Å². The van der Waals surface area contributed by atoms with Crippen molar-refractivity contribution >= 4 is 11.7 Å². The number of hydrogen-bond acceptors (Lipinski definition) is 2. The molecule has 23 heavy (non-hydrogen) atoms. The maximum atomic E-state index is 14.4. The summed E-state index contributed by atoms with van der Waals surface area (Å²) in [6.07, 6.45) is 0.985. The number of hydrogen-bond donors (Lipinski definition) is 1. The summed E-state index contributed by atoms with van der Waals surface area (Å²) in [6.45, 7) is 6.16. The standard InChI is InChI=1S/C17H19F2N3O/c1-4-7-22-10(3)14-12(8-13(23)20-17(14)21-22)11-6-5-9(2)15(18)16(11)19/h5-6,12H,4,7-8H2,1-3H3,(H,20,21,23). The number of benzene rings is 1. The molecule has 1 aliphatic rings. The van der Waals surface area contributed by atoms with Crippen LogP contribution in [0.2, 0.25) is 0 Å². The third kappa shape index (κ3) is 2.52. The highest BCUT2D eigenvalue weighted by Gasteiger charge is 2.34. The summed E-state index contributed by atoms with van der Waals surface area (Å²) in [6, 6.07) is 3.11. The van der Waals surface area contributed by atoms with Gasteiger partial charge in [0.15, 0.2) is 17.5 Å². The Hall–Kier alpha value is -2.24. The molecule has 0 spiro atoms. The first kappa shape index (κ1) is 15.6. The van der Waals surface area contributed by atoms with Crippen LogP contribution in [-0.2, 0) is 11.3 Å². The Kier molecular flexibility index (Phi) is 3.92. The van der Waals surface area contributed by atoms with Crippen LogP contribution in [0.4, 0.5) is 14.6 Å². The number of anilines is 1. The van der Waals surface area contributed by atoms with Gasteiger partial charge in [0.1, 0.15) is 0 Å². The third-order valence-electron chi connectivity index (χ3n) is 4.36. The van der Waals surface area contributed by atoms with Crippen molar-refractivity contribution in [1.82, 2.24) is 9.78 Å². The molecule has 0 saturated heterocycles. The molecule has 0 fully saturated rings. The Bertz CT molecular complexity index is 783. The van der Waals surface area contributed by atoms with E-state index in [-0.39, 0.29) is 23.5 Å². The van der Waals surface area contributed by atoms with Crippen molar-refractivity contribution in [2.75, 3.05) is 5.32 Å². The second-order valence-corrected chi connectivity index (χ2v) is 5.98. The normalized spacial score (nSPS) is 17.1. The highest BCUT2D eigenvalue weighted by Crippen LogP contribution is 2.40. The molecule has 0 aliphatic carbocycles. The van der Waals surface area contributed by atoms with Gasteiger partial charge in [0, 0.05) is 30.1 Å². The fraction of sp³-hybridized carbons (Fsp3) is 0.412. The summed E-state index contributed by atoms with van der Waals surface area (Å²) in [4.78, 5) is 12.0. The molecule has 0 saturated carbocycles. The van der Waals surface area contributed by atoms with Crippen LogP contribution in [0.5, 0.6) is 0 Å². The Balaban J connectivity index is 2.16. The number of carbonyl (C=O) groups is 1. The lowest BCUT2D eigenvalue weighted by Gasteiger charge is -2.23. The molecular formula is C17H19F2N3O. The van der Waals surface area contributed by atoms with Crippen LogP contribution >= 0.6 is 0 Å². The Morgan fingerprint density at radius 3 is 2.74 bits per heavy atom. The molecule has 2 heterocycles. The van der Waals surface area contributed by atoms with E-state index in [9.17, 15) is 13.6 Å². The molecule has 1 N–H and O–H groups in total. The second kappa shape index (κ2) is 5.76. The van der Waals surface area contributed by atoms with E-state index in [0.29, 0.717) is 12.4 Å². The minimum Gasteiger partial charge on any atom is -0.309 e. The Labute approximate surface area is 133 Å². The molecule has 1 unspecified atom stereocenters. The summed E-state index contributed by atoms with van der Waals surface area (Å²) < 4.78 is 30.2. The van der Waals surface area contributed by atoms with Gasteiger partial charge >= 0.3 is 0 Å². The van der Waals surface area contributed by atoms with Gasteiger partial charge in [-0.3, -0.25) is 9.48 Å².